The van der Waals surface area contributed by atoms with E-state index in [1.54, 1.807) is 41.7 Å². The maximum absolute atomic E-state index is 13.0. The molecule has 0 fully saturated rings. The summed E-state index contributed by atoms with van der Waals surface area (Å²) in [6.07, 6.45) is 1.86. The van der Waals surface area contributed by atoms with Crippen LogP contribution in [0.1, 0.15) is 17.4 Å². The van der Waals surface area contributed by atoms with Crippen molar-refractivity contribution >= 4 is 22.7 Å². The van der Waals surface area contributed by atoms with Crippen molar-refractivity contribution in [2.75, 3.05) is 6.54 Å². The summed E-state index contributed by atoms with van der Waals surface area (Å²) in [6, 6.07) is 10.0. The van der Waals surface area contributed by atoms with Crippen LogP contribution in [-0.2, 0) is 12.1 Å². The van der Waals surface area contributed by atoms with Crippen molar-refractivity contribution in [1.82, 2.24) is 10.3 Å². The van der Waals surface area contributed by atoms with Gasteiger partial charge in [0.15, 0.2) is 0 Å². The molecular formula is C17H17FN2OS2. The molecule has 0 aliphatic rings. The molecule has 0 amide bonds. The monoisotopic (exact) mass is 348 g/mol. The lowest BCUT2D eigenvalue weighted by Gasteiger charge is -2.24. The number of hydrogen-bond donors (Lipinski definition) is 2. The number of benzene rings is 1. The molecule has 120 valence electrons. The molecule has 6 heteroatoms. The second-order valence-electron chi connectivity index (χ2n) is 5.49. The van der Waals surface area contributed by atoms with E-state index in [1.807, 2.05) is 17.6 Å². The van der Waals surface area contributed by atoms with Crippen molar-refractivity contribution in [3.63, 3.8) is 0 Å². The van der Waals surface area contributed by atoms with Crippen molar-refractivity contribution in [2.24, 2.45) is 0 Å². The van der Waals surface area contributed by atoms with Crippen molar-refractivity contribution in [1.29, 1.82) is 0 Å². The van der Waals surface area contributed by atoms with E-state index in [0.717, 1.165) is 9.88 Å². The van der Waals surface area contributed by atoms with E-state index < -0.39 is 5.60 Å². The molecule has 23 heavy (non-hydrogen) atoms. The summed E-state index contributed by atoms with van der Waals surface area (Å²) in [5.41, 5.74) is -0.357. The molecule has 0 aliphatic carbocycles. The number of thiazole rings is 1. The predicted octanol–water partition coefficient (Wildman–Crippen LogP) is 4.01. The van der Waals surface area contributed by atoms with Gasteiger partial charge in [-0.05, 0) is 36.1 Å². The fourth-order valence-electron chi connectivity index (χ4n) is 2.24. The first kappa shape index (κ1) is 16.3. The third-order valence-electron chi connectivity index (χ3n) is 3.52. The normalized spacial score (nSPS) is 13.9. The molecule has 1 unspecified atom stereocenters. The first-order chi connectivity index (χ1) is 11.0. The van der Waals surface area contributed by atoms with E-state index in [2.05, 4.69) is 16.4 Å². The van der Waals surface area contributed by atoms with Gasteiger partial charge in [0.25, 0.3) is 0 Å². The molecule has 3 rings (SSSR count). The summed E-state index contributed by atoms with van der Waals surface area (Å²) >= 11 is 3.32. The Balaban J connectivity index is 1.57. The van der Waals surface area contributed by atoms with E-state index >= 15 is 0 Å². The standard InChI is InChI=1S/C17H17FN2OS2/c1-17(21,12-4-6-13(18)7-5-12)11-19-9-14-10-20-16(23-14)15-3-2-8-22-15/h2-8,10,19,21H,9,11H2,1H3. The largest absolute Gasteiger partial charge is 0.384 e. The summed E-state index contributed by atoms with van der Waals surface area (Å²) in [6.45, 7) is 2.74. The Labute approximate surface area is 142 Å². The zero-order valence-corrected chi connectivity index (χ0v) is 14.3. The van der Waals surface area contributed by atoms with Gasteiger partial charge >= 0.3 is 0 Å². The van der Waals surface area contributed by atoms with Gasteiger partial charge in [0.1, 0.15) is 10.8 Å². The van der Waals surface area contributed by atoms with E-state index in [-0.39, 0.29) is 5.82 Å². The Bertz CT molecular complexity index is 751. The number of hydrogen-bond acceptors (Lipinski definition) is 5. The summed E-state index contributed by atoms with van der Waals surface area (Å²) in [7, 11) is 0. The number of aliphatic hydroxyl groups is 1. The molecule has 3 nitrogen and oxygen atoms in total. The van der Waals surface area contributed by atoms with Gasteiger partial charge in [-0.3, -0.25) is 0 Å². The van der Waals surface area contributed by atoms with Gasteiger partial charge in [-0.25, -0.2) is 9.37 Å². The molecule has 0 radical (unpaired) electrons. The third kappa shape index (κ3) is 4.03. The van der Waals surface area contributed by atoms with Gasteiger partial charge in [0.2, 0.25) is 0 Å². The van der Waals surface area contributed by atoms with Gasteiger partial charge < -0.3 is 10.4 Å². The van der Waals surface area contributed by atoms with E-state index in [1.165, 1.54) is 17.0 Å². The molecule has 0 spiro atoms. The molecular weight excluding hydrogens is 331 g/mol. The van der Waals surface area contributed by atoms with Crippen LogP contribution in [0, 0.1) is 5.82 Å². The van der Waals surface area contributed by atoms with Crippen LogP contribution in [-0.4, -0.2) is 16.6 Å². The van der Waals surface area contributed by atoms with Crippen LogP contribution in [0.2, 0.25) is 0 Å². The molecule has 2 N–H and O–H groups in total. The van der Waals surface area contributed by atoms with Crippen molar-refractivity contribution in [3.8, 4) is 9.88 Å². The number of rotatable bonds is 6. The molecule has 1 aromatic carbocycles. The van der Waals surface area contributed by atoms with Gasteiger partial charge in [0.05, 0.1) is 10.5 Å². The van der Waals surface area contributed by atoms with Gasteiger partial charge in [-0.2, -0.15) is 0 Å². The van der Waals surface area contributed by atoms with Gasteiger partial charge in [-0.1, -0.05) is 18.2 Å². The topological polar surface area (TPSA) is 45.1 Å². The average molecular weight is 348 g/mol. The first-order valence-electron chi connectivity index (χ1n) is 7.22. The van der Waals surface area contributed by atoms with Crippen LogP contribution in [0.3, 0.4) is 0 Å². The minimum Gasteiger partial charge on any atom is -0.384 e. The molecule has 0 saturated carbocycles. The molecule has 2 aromatic heterocycles. The first-order valence-corrected chi connectivity index (χ1v) is 8.92. The van der Waals surface area contributed by atoms with E-state index in [9.17, 15) is 9.50 Å². The average Bonchev–Trinajstić information content (AvgIpc) is 3.18. The summed E-state index contributed by atoms with van der Waals surface area (Å²) in [5, 5.41) is 16.8. The second kappa shape index (κ2) is 6.88. The van der Waals surface area contributed by atoms with Crippen LogP contribution in [0.25, 0.3) is 9.88 Å². The highest BCUT2D eigenvalue weighted by Gasteiger charge is 2.22. The number of thiophene rings is 1. The van der Waals surface area contributed by atoms with Crippen LogP contribution in [0.4, 0.5) is 4.39 Å². The SMILES string of the molecule is CC(O)(CNCc1cnc(-c2cccs2)s1)c1ccc(F)cc1. The number of halogens is 1. The summed E-state index contributed by atoms with van der Waals surface area (Å²) < 4.78 is 13.0. The van der Waals surface area contributed by atoms with Gasteiger partial charge in [0, 0.05) is 24.2 Å². The highest BCUT2D eigenvalue weighted by molar-refractivity contribution is 7.20. The molecule has 0 aliphatic heterocycles. The lowest BCUT2D eigenvalue weighted by Crippen LogP contribution is -2.35. The Morgan fingerprint density at radius 3 is 2.74 bits per heavy atom. The second-order valence-corrected chi connectivity index (χ2v) is 7.56. The molecule has 3 aromatic rings. The van der Waals surface area contributed by atoms with Crippen LogP contribution < -0.4 is 5.32 Å². The minimum absolute atomic E-state index is 0.303. The molecule has 1 atom stereocenters. The van der Waals surface area contributed by atoms with Crippen LogP contribution >= 0.6 is 22.7 Å². The zero-order chi connectivity index (χ0) is 16.3. The van der Waals surface area contributed by atoms with E-state index in [4.69, 9.17) is 0 Å². The molecule has 0 bridgehead atoms. The molecule has 2 heterocycles. The Hall–Kier alpha value is -1.60. The van der Waals surface area contributed by atoms with Crippen molar-refractivity contribution < 1.29 is 9.50 Å². The highest BCUT2D eigenvalue weighted by Crippen LogP contribution is 2.29. The maximum Gasteiger partial charge on any atom is 0.133 e. The fraction of sp³-hybridized carbons (Fsp3) is 0.235. The number of nitrogens with zero attached hydrogens (tertiary/aromatic N) is 1. The van der Waals surface area contributed by atoms with Crippen LogP contribution in [0.5, 0.6) is 0 Å². The fourth-order valence-corrected chi connectivity index (χ4v) is 3.93. The lowest BCUT2D eigenvalue weighted by molar-refractivity contribution is 0.0567. The summed E-state index contributed by atoms with van der Waals surface area (Å²) in [5.74, 6) is -0.303. The minimum atomic E-state index is -1.05. The number of nitrogens with one attached hydrogen (secondary N) is 1. The highest BCUT2D eigenvalue weighted by atomic mass is 32.1. The Morgan fingerprint density at radius 2 is 2.04 bits per heavy atom. The number of aromatic nitrogens is 1. The lowest BCUT2D eigenvalue weighted by atomic mass is 9.96. The van der Waals surface area contributed by atoms with Crippen molar-refractivity contribution in [3.05, 3.63) is 64.2 Å². The zero-order valence-electron chi connectivity index (χ0n) is 12.6. The van der Waals surface area contributed by atoms with Crippen molar-refractivity contribution in [2.45, 2.75) is 19.1 Å². The van der Waals surface area contributed by atoms with E-state index in [0.29, 0.717) is 18.7 Å². The smallest absolute Gasteiger partial charge is 0.133 e. The summed E-state index contributed by atoms with van der Waals surface area (Å²) in [4.78, 5) is 6.71. The van der Waals surface area contributed by atoms with Gasteiger partial charge in [-0.15, -0.1) is 22.7 Å². The van der Waals surface area contributed by atoms with Crippen LogP contribution in [0.15, 0.2) is 48.0 Å². The quantitative estimate of drug-likeness (QED) is 0.707. The maximum atomic E-state index is 13.0. The molecule has 0 saturated heterocycles. The third-order valence-corrected chi connectivity index (χ3v) is 5.56. The Morgan fingerprint density at radius 1 is 1.26 bits per heavy atom. The predicted molar refractivity (Wildman–Crippen MR) is 93.1 cm³/mol. The Kier molecular flexibility index (Phi) is 4.87.